The van der Waals surface area contributed by atoms with Crippen LogP contribution in [0.25, 0.3) is 0 Å². The van der Waals surface area contributed by atoms with Crippen LogP contribution >= 0.6 is 0 Å². The Labute approximate surface area is 263 Å². The van der Waals surface area contributed by atoms with Gasteiger partial charge >= 0.3 is 11.9 Å². The van der Waals surface area contributed by atoms with Crippen LogP contribution in [-0.2, 0) is 19.1 Å². The lowest BCUT2D eigenvalue weighted by Crippen LogP contribution is -2.18. The minimum atomic E-state index is -0.0166. The van der Waals surface area contributed by atoms with Crippen LogP contribution in [0.4, 0.5) is 0 Å². The minimum Gasteiger partial charge on any atom is -0.466 e. The molecule has 0 aromatic carbocycles. The lowest BCUT2D eigenvalue weighted by Gasteiger charge is -2.18. The van der Waals surface area contributed by atoms with Gasteiger partial charge in [0.25, 0.3) is 0 Å². The van der Waals surface area contributed by atoms with Gasteiger partial charge in [0.2, 0.25) is 0 Å². The van der Waals surface area contributed by atoms with Gasteiger partial charge in [0.15, 0.2) is 0 Å². The van der Waals surface area contributed by atoms with Gasteiger partial charge < -0.3 is 9.47 Å². The maximum Gasteiger partial charge on any atom is 0.306 e. The maximum atomic E-state index is 12.5. The molecular weight excluding hydrogens is 520 g/mol. The molecular formula is C38H74O4. The average Bonchev–Trinajstić information content (AvgIpc) is 2.98. The molecule has 0 heterocycles. The summed E-state index contributed by atoms with van der Waals surface area (Å²) < 4.78 is 11.4. The summed E-state index contributed by atoms with van der Waals surface area (Å²) in [6.07, 6.45) is 36.5. The molecule has 0 N–H and O–H groups in total. The van der Waals surface area contributed by atoms with Crippen LogP contribution in [0, 0.1) is 0 Å². The van der Waals surface area contributed by atoms with Crippen LogP contribution in [0.15, 0.2) is 0 Å². The van der Waals surface area contributed by atoms with E-state index in [1.54, 1.807) is 0 Å². The molecule has 0 fully saturated rings. The fourth-order valence-corrected chi connectivity index (χ4v) is 5.73. The molecule has 0 aliphatic heterocycles. The van der Waals surface area contributed by atoms with Crippen molar-refractivity contribution in [3.8, 4) is 0 Å². The lowest BCUT2D eigenvalue weighted by molar-refractivity contribution is -0.150. The highest BCUT2D eigenvalue weighted by atomic mass is 16.5. The predicted molar refractivity (Wildman–Crippen MR) is 181 cm³/mol. The fourth-order valence-electron chi connectivity index (χ4n) is 5.73. The smallest absolute Gasteiger partial charge is 0.306 e. The molecule has 4 heteroatoms. The van der Waals surface area contributed by atoms with E-state index < -0.39 is 0 Å². The zero-order valence-corrected chi connectivity index (χ0v) is 28.8. The summed E-state index contributed by atoms with van der Waals surface area (Å²) in [5.41, 5.74) is 0. The number of carbonyl (C=O) groups is 2. The third-order valence-corrected chi connectivity index (χ3v) is 8.58. The predicted octanol–water partition coefficient (Wildman–Crippen LogP) is 12.6. The Balaban J connectivity index is 3.96. The molecule has 0 aliphatic rings. The van der Waals surface area contributed by atoms with E-state index in [0.717, 1.165) is 57.8 Å². The number of rotatable bonds is 34. The number of hydrogen-bond donors (Lipinski definition) is 0. The van der Waals surface area contributed by atoms with Crippen molar-refractivity contribution >= 4 is 11.9 Å². The SMILES string of the molecule is CCCCCCCCCC(=O)OCCCCCCCCC(CCCCCCCCC)OC(=O)CCCCCCCCC. The van der Waals surface area contributed by atoms with Crippen molar-refractivity contribution in [2.75, 3.05) is 6.61 Å². The molecule has 1 atom stereocenters. The van der Waals surface area contributed by atoms with Crippen LogP contribution in [0.2, 0.25) is 0 Å². The first-order chi connectivity index (χ1) is 20.6. The Hall–Kier alpha value is -1.06. The van der Waals surface area contributed by atoms with Gasteiger partial charge in [-0.1, -0.05) is 162 Å². The molecule has 0 radical (unpaired) electrons. The zero-order valence-electron chi connectivity index (χ0n) is 28.8. The van der Waals surface area contributed by atoms with Gasteiger partial charge in [-0.2, -0.15) is 0 Å². The molecule has 0 spiro atoms. The second-order valence-electron chi connectivity index (χ2n) is 12.9. The Bertz CT molecular complexity index is 561. The van der Waals surface area contributed by atoms with Gasteiger partial charge in [-0.05, 0) is 44.9 Å². The summed E-state index contributed by atoms with van der Waals surface area (Å²) in [5, 5.41) is 0. The Morgan fingerprint density at radius 3 is 1.17 bits per heavy atom. The number of ether oxygens (including phenoxy) is 2. The van der Waals surface area contributed by atoms with E-state index in [9.17, 15) is 9.59 Å². The highest BCUT2D eigenvalue weighted by Crippen LogP contribution is 2.19. The lowest BCUT2D eigenvalue weighted by atomic mass is 10.0. The molecule has 0 bridgehead atoms. The van der Waals surface area contributed by atoms with Gasteiger partial charge in [-0.3, -0.25) is 9.59 Å². The first-order valence-electron chi connectivity index (χ1n) is 19.0. The van der Waals surface area contributed by atoms with E-state index in [4.69, 9.17) is 9.47 Å². The summed E-state index contributed by atoms with van der Waals surface area (Å²) in [6.45, 7) is 7.33. The Morgan fingerprint density at radius 2 is 0.738 bits per heavy atom. The van der Waals surface area contributed by atoms with Crippen molar-refractivity contribution in [1.82, 2.24) is 0 Å². The summed E-state index contributed by atoms with van der Waals surface area (Å²) in [6, 6.07) is 0. The van der Waals surface area contributed by atoms with E-state index in [0.29, 0.717) is 19.4 Å². The largest absolute Gasteiger partial charge is 0.466 e. The zero-order chi connectivity index (χ0) is 30.8. The average molecular weight is 595 g/mol. The third kappa shape index (κ3) is 31.9. The van der Waals surface area contributed by atoms with Crippen LogP contribution < -0.4 is 0 Å². The third-order valence-electron chi connectivity index (χ3n) is 8.58. The highest BCUT2D eigenvalue weighted by Gasteiger charge is 2.14. The number of carbonyl (C=O) groups excluding carboxylic acids is 2. The molecule has 0 saturated heterocycles. The van der Waals surface area contributed by atoms with Crippen LogP contribution in [0.3, 0.4) is 0 Å². The van der Waals surface area contributed by atoms with E-state index in [1.165, 1.54) is 128 Å². The van der Waals surface area contributed by atoms with Crippen molar-refractivity contribution in [2.45, 2.75) is 226 Å². The summed E-state index contributed by atoms with van der Waals surface area (Å²) in [5.74, 6) is 0.00936. The van der Waals surface area contributed by atoms with Crippen LogP contribution in [0.5, 0.6) is 0 Å². The van der Waals surface area contributed by atoms with E-state index in [-0.39, 0.29) is 18.0 Å². The Kier molecular flexibility index (Phi) is 33.6. The minimum absolute atomic E-state index is 0.0166. The van der Waals surface area contributed by atoms with Gasteiger partial charge in [-0.15, -0.1) is 0 Å². The fraction of sp³-hybridized carbons (Fsp3) is 0.947. The molecule has 0 aromatic heterocycles. The molecule has 0 amide bonds. The number of esters is 2. The monoisotopic (exact) mass is 595 g/mol. The maximum absolute atomic E-state index is 12.5. The van der Waals surface area contributed by atoms with Crippen molar-refractivity contribution in [3.63, 3.8) is 0 Å². The summed E-state index contributed by atoms with van der Waals surface area (Å²) >= 11 is 0. The molecule has 250 valence electrons. The quantitative estimate of drug-likeness (QED) is 0.0549. The standard InChI is InChI=1S/C38H74O4/c1-4-7-10-13-16-21-26-31-36(42-38(40)34-29-24-18-15-12-9-6-3)32-27-22-19-20-25-30-35-41-37(39)33-28-23-17-14-11-8-5-2/h36H,4-35H2,1-3H3. The van der Waals surface area contributed by atoms with Gasteiger partial charge in [-0.25, -0.2) is 0 Å². The first-order valence-corrected chi connectivity index (χ1v) is 19.0. The molecule has 4 nitrogen and oxygen atoms in total. The molecule has 42 heavy (non-hydrogen) atoms. The van der Waals surface area contributed by atoms with Crippen molar-refractivity contribution in [1.29, 1.82) is 0 Å². The first kappa shape index (κ1) is 40.9. The second-order valence-corrected chi connectivity index (χ2v) is 12.9. The second kappa shape index (κ2) is 34.4. The van der Waals surface area contributed by atoms with Gasteiger partial charge in [0.05, 0.1) is 6.61 Å². The van der Waals surface area contributed by atoms with Crippen molar-refractivity contribution < 1.29 is 19.1 Å². The number of unbranched alkanes of at least 4 members (excludes halogenated alkanes) is 23. The van der Waals surface area contributed by atoms with Crippen LogP contribution in [0.1, 0.15) is 220 Å². The summed E-state index contributed by atoms with van der Waals surface area (Å²) in [4.78, 5) is 24.5. The molecule has 1 unspecified atom stereocenters. The molecule has 0 aliphatic carbocycles. The van der Waals surface area contributed by atoms with Crippen LogP contribution in [-0.4, -0.2) is 24.6 Å². The summed E-state index contributed by atoms with van der Waals surface area (Å²) in [7, 11) is 0. The van der Waals surface area contributed by atoms with Crippen molar-refractivity contribution in [3.05, 3.63) is 0 Å². The molecule has 0 rings (SSSR count). The molecule has 0 saturated carbocycles. The number of hydrogen-bond acceptors (Lipinski definition) is 4. The topological polar surface area (TPSA) is 52.6 Å². The normalized spacial score (nSPS) is 12.0. The Morgan fingerprint density at radius 1 is 0.405 bits per heavy atom. The van der Waals surface area contributed by atoms with E-state index in [1.807, 2.05) is 0 Å². The van der Waals surface area contributed by atoms with Gasteiger partial charge in [0, 0.05) is 12.8 Å². The van der Waals surface area contributed by atoms with E-state index >= 15 is 0 Å². The highest BCUT2D eigenvalue weighted by molar-refractivity contribution is 5.69. The van der Waals surface area contributed by atoms with E-state index in [2.05, 4.69) is 20.8 Å². The molecule has 0 aromatic rings. The van der Waals surface area contributed by atoms with Gasteiger partial charge in [0.1, 0.15) is 6.10 Å². The van der Waals surface area contributed by atoms with Crippen molar-refractivity contribution in [2.24, 2.45) is 0 Å².